The quantitative estimate of drug-likeness (QED) is 0.440. The standard InChI is InChI=1S/C18H21O3P/c1-2-3-4-11-16-22(19,20-17-12-7-5-8-13-17)21-18-14-9-6-10-15-18/h5-16H,2-4H2,1H3. The Labute approximate surface area is 132 Å². The van der Waals surface area contributed by atoms with E-state index in [0.29, 0.717) is 11.5 Å². The van der Waals surface area contributed by atoms with E-state index in [0.717, 1.165) is 19.3 Å². The molecule has 0 aromatic heterocycles. The number of hydrogen-bond acceptors (Lipinski definition) is 3. The summed E-state index contributed by atoms with van der Waals surface area (Å²) in [5.41, 5.74) is 0. The minimum Gasteiger partial charge on any atom is -0.413 e. The Balaban J connectivity index is 2.16. The zero-order valence-electron chi connectivity index (χ0n) is 12.7. The van der Waals surface area contributed by atoms with Crippen molar-refractivity contribution < 1.29 is 13.6 Å². The summed E-state index contributed by atoms with van der Waals surface area (Å²) in [5.74, 6) is 2.62. The Kier molecular flexibility index (Phi) is 6.29. The molecule has 0 atom stereocenters. The van der Waals surface area contributed by atoms with Crippen LogP contribution in [0.3, 0.4) is 0 Å². The summed E-state index contributed by atoms with van der Waals surface area (Å²) in [7, 11) is -3.38. The third-order valence-corrected chi connectivity index (χ3v) is 4.47. The van der Waals surface area contributed by atoms with Crippen LogP contribution in [0.25, 0.3) is 0 Å². The van der Waals surface area contributed by atoms with Gasteiger partial charge in [-0.3, -0.25) is 0 Å². The summed E-state index contributed by atoms with van der Waals surface area (Å²) in [6, 6.07) is 18.2. The zero-order valence-corrected chi connectivity index (χ0v) is 13.6. The maximum Gasteiger partial charge on any atom is 0.455 e. The van der Waals surface area contributed by atoms with Gasteiger partial charge in [0.1, 0.15) is 11.5 Å². The third kappa shape index (κ3) is 5.42. The van der Waals surface area contributed by atoms with Gasteiger partial charge in [0.15, 0.2) is 0 Å². The molecule has 4 heteroatoms. The third-order valence-electron chi connectivity index (χ3n) is 2.96. The van der Waals surface area contributed by atoms with E-state index in [2.05, 4.69) is 6.92 Å². The second-order valence-corrected chi connectivity index (χ2v) is 6.62. The predicted molar refractivity (Wildman–Crippen MR) is 90.4 cm³/mol. The molecule has 0 aliphatic heterocycles. The first-order valence-corrected chi connectivity index (χ1v) is 9.10. The van der Waals surface area contributed by atoms with Crippen LogP contribution in [0.2, 0.25) is 0 Å². The van der Waals surface area contributed by atoms with Gasteiger partial charge in [-0.2, -0.15) is 0 Å². The fraction of sp³-hybridized carbons (Fsp3) is 0.222. The van der Waals surface area contributed by atoms with Crippen molar-refractivity contribution in [3.8, 4) is 11.5 Å². The molecule has 0 aliphatic carbocycles. The van der Waals surface area contributed by atoms with Crippen molar-refractivity contribution in [3.63, 3.8) is 0 Å². The molecule has 0 saturated heterocycles. The van der Waals surface area contributed by atoms with Crippen LogP contribution >= 0.6 is 7.60 Å². The number of para-hydroxylation sites is 2. The van der Waals surface area contributed by atoms with Gasteiger partial charge in [-0.25, -0.2) is 4.57 Å². The highest BCUT2D eigenvalue weighted by atomic mass is 31.2. The first-order chi connectivity index (χ1) is 10.7. The van der Waals surface area contributed by atoms with E-state index in [9.17, 15) is 4.57 Å². The molecular formula is C18H21O3P. The highest BCUT2D eigenvalue weighted by Crippen LogP contribution is 2.49. The van der Waals surface area contributed by atoms with Gasteiger partial charge >= 0.3 is 7.60 Å². The molecule has 2 rings (SSSR count). The summed E-state index contributed by atoms with van der Waals surface area (Å²) in [5, 5.41) is 0. The molecule has 2 aromatic rings. The van der Waals surface area contributed by atoms with Crippen LogP contribution in [-0.4, -0.2) is 0 Å². The van der Waals surface area contributed by atoms with Gasteiger partial charge in [-0.1, -0.05) is 62.2 Å². The summed E-state index contributed by atoms with van der Waals surface area (Å²) >= 11 is 0. The molecule has 0 heterocycles. The smallest absolute Gasteiger partial charge is 0.413 e. The molecule has 0 amide bonds. The largest absolute Gasteiger partial charge is 0.455 e. The number of benzene rings is 2. The molecule has 3 nitrogen and oxygen atoms in total. The molecule has 116 valence electrons. The Bertz CT molecular complexity index is 578. The first kappa shape index (κ1) is 16.4. The predicted octanol–water partition coefficient (Wildman–Crippen LogP) is 6.04. The average Bonchev–Trinajstić information content (AvgIpc) is 2.53. The summed E-state index contributed by atoms with van der Waals surface area (Å²) in [6.07, 6.45) is 4.87. The van der Waals surface area contributed by atoms with Crippen molar-refractivity contribution >= 4 is 7.60 Å². The first-order valence-electron chi connectivity index (χ1n) is 7.48. The van der Waals surface area contributed by atoms with Crippen LogP contribution in [0.1, 0.15) is 26.2 Å². The normalized spacial score (nSPS) is 11.5. The van der Waals surface area contributed by atoms with E-state index in [1.54, 1.807) is 30.1 Å². The van der Waals surface area contributed by atoms with Gasteiger partial charge in [-0.05, 0) is 30.7 Å². The van der Waals surface area contributed by atoms with Gasteiger partial charge in [0, 0.05) is 5.82 Å². The molecule has 0 unspecified atom stereocenters. The average molecular weight is 316 g/mol. The Morgan fingerprint density at radius 3 is 1.86 bits per heavy atom. The van der Waals surface area contributed by atoms with Crippen LogP contribution in [0.4, 0.5) is 0 Å². The minimum absolute atomic E-state index is 0.530. The fourth-order valence-corrected chi connectivity index (χ4v) is 3.26. The molecule has 0 radical (unpaired) electrons. The Morgan fingerprint density at radius 1 is 0.909 bits per heavy atom. The van der Waals surface area contributed by atoms with Gasteiger partial charge in [-0.15, -0.1) is 0 Å². The maximum absolute atomic E-state index is 13.0. The number of unbranched alkanes of at least 4 members (excludes halogenated alkanes) is 2. The van der Waals surface area contributed by atoms with E-state index in [4.69, 9.17) is 9.05 Å². The monoisotopic (exact) mass is 316 g/mol. The Hall–Kier alpha value is -1.99. The van der Waals surface area contributed by atoms with Crippen LogP contribution < -0.4 is 9.05 Å². The van der Waals surface area contributed by atoms with Crippen LogP contribution in [0.15, 0.2) is 72.6 Å². The van der Waals surface area contributed by atoms with E-state index in [1.165, 1.54) is 0 Å². The highest BCUT2D eigenvalue weighted by Gasteiger charge is 2.24. The zero-order chi connectivity index (χ0) is 15.7. The van der Waals surface area contributed by atoms with Crippen molar-refractivity contribution in [2.24, 2.45) is 0 Å². The highest BCUT2D eigenvalue weighted by molar-refractivity contribution is 7.58. The van der Waals surface area contributed by atoms with E-state index < -0.39 is 7.60 Å². The van der Waals surface area contributed by atoms with Crippen molar-refractivity contribution in [3.05, 3.63) is 72.6 Å². The van der Waals surface area contributed by atoms with Crippen molar-refractivity contribution in [2.45, 2.75) is 26.2 Å². The fourth-order valence-electron chi connectivity index (χ4n) is 1.86. The van der Waals surface area contributed by atoms with Crippen molar-refractivity contribution in [1.29, 1.82) is 0 Å². The molecular weight excluding hydrogens is 295 g/mol. The van der Waals surface area contributed by atoms with Crippen molar-refractivity contribution in [2.75, 3.05) is 0 Å². The van der Waals surface area contributed by atoms with E-state index >= 15 is 0 Å². The maximum atomic E-state index is 13.0. The molecule has 0 fully saturated rings. The second-order valence-electron chi connectivity index (χ2n) is 4.88. The van der Waals surface area contributed by atoms with Crippen LogP contribution in [0, 0.1) is 0 Å². The second kappa shape index (κ2) is 8.45. The lowest BCUT2D eigenvalue weighted by molar-refractivity contribution is 0.398. The van der Waals surface area contributed by atoms with Crippen LogP contribution in [0.5, 0.6) is 11.5 Å². The number of allylic oxidation sites excluding steroid dienone is 1. The molecule has 0 saturated carbocycles. The lowest BCUT2D eigenvalue weighted by atomic mass is 10.2. The number of hydrogen-bond donors (Lipinski definition) is 0. The molecule has 0 bridgehead atoms. The summed E-state index contributed by atoms with van der Waals surface area (Å²) in [6.45, 7) is 2.12. The molecule has 0 aliphatic rings. The summed E-state index contributed by atoms with van der Waals surface area (Å²) in [4.78, 5) is 0. The van der Waals surface area contributed by atoms with E-state index in [1.807, 2.05) is 42.5 Å². The van der Waals surface area contributed by atoms with E-state index in [-0.39, 0.29) is 0 Å². The lowest BCUT2D eigenvalue weighted by Crippen LogP contribution is -1.98. The minimum atomic E-state index is -3.38. The Morgan fingerprint density at radius 2 is 1.41 bits per heavy atom. The van der Waals surface area contributed by atoms with Gasteiger partial charge < -0.3 is 9.05 Å². The topological polar surface area (TPSA) is 35.5 Å². The number of rotatable bonds is 8. The SMILES string of the molecule is CCCCC=CP(=O)(Oc1ccccc1)Oc1ccccc1. The van der Waals surface area contributed by atoms with Gasteiger partial charge in [0.2, 0.25) is 0 Å². The van der Waals surface area contributed by atoms with Crippen LogP contribution in [-0.2, 0) is 4.57 Å². The molecule has 0 N–H and O–H groups in total. The van der Waals surface area contributed by atoms with Gasteiger partial charge in [0.05, 0.1) is 0 Å². The molecule has 22 heavy (non-hydrogen) atoms. The molecule has 2 aromatic carbocycles. The lowest BCUT2D eigenvalue weighted by Gasteiger charge is -2.17. The molecule has 0 spiro atoms. The summed E-state index contributed by atoms with van der Waals surface area (Å²) < 4.78 is 24.2. The van der Waals surface area contributed by atoms with Crippen molar-refractivity contribution in [1.82, 2.24) is 0 Å². The van der Waals surface area contributed by atoms with Gasteiger partial charge in [0.25, 0.3) is 0 Å².